The van der Waals surface area contributed by atoms with Gasteiger partial charge in [-0.05, 0) is 42.6 Å². The van der Waals surface area contributed by atoms with Crippen LogP contribution in [0.5, 0.6) is 0 Å². The van der Waals surface area contributed by atoms with Crippen LogP contribution in [0.4, 0.5) is 0 Å². The van der Waals surface area contributed by atoms with Crippen LogP contribution >= 0.6 is 0 Å². The highest BCUT2D eigenvalue weighted by molar-refractivity contribution is 6.02. The van der Waals surface area contributed by atoms with Gasteiger partial charge in [0.25, 0.3) is 0 Å². The van der Waals surface area contributed by atoms with Crippen molar-refractivity contribution < 1.29 is 28.6 Å². The van der Waals surface area contributed by atoms with Crippen molar-refractivity contribution in [3.05, 3.63) is 22.8 Å². The van der Waals surface area contributed by atoms with Crippen molar-refractivity contribution in [2.45, 2.75) is 59.5 Å². The molecule has 0 amide bonds. The number of fused-ring (bicyclic) bond motifs is 1. The van der Waals surface area contributed by atoms with Crippen LogP contribution in [0.15, 0.2) is 22.8 Å². The largest absolute Gasteiger partial charge is 0.466 e. The molecule has 0 aromatic carbocycles. The van der Waals surface area contributed by atoms with Gasteiger partial charge in [0.1, 0.15) is 11.5 Å². The Bertz CT molecular complexity index is 772. The summed E-state index contributed by atoms with van der Waals surface area (Å²) in [6.07, 6.45) is 4.18. The SMILES string of the molecule is COC(=O)C1=C(/C=C(\C(=O)OC)C(C)C)C2C[C@H]3C(C)(C)CCC[C@]13C(=O)O2. The molecule has 2 heterocycles. The molecule has 4 aliphatic rings. The molecule has 6 nitrogen and oxygen atoms in total. The van der Waals surface area contributed by atoms with E-state index in [1.54, 1.807) is 6.08 Å². The molecule has 0 aromatic rings. The monoisotopic (exact) mass is 390 g/mol. The zero-order valence-electron chi connectivity index (χ0n) is 17.6. The Morgan fingerprint density at radius 3 is 2.43 bits per heavy atom. The summed E-state index contributed by atoms with van der Waals surface area (Å²) in [5, 5.41) is 0. The molecule has 4 rings (SSSR count). The Morgan fingerprint density at radius 1 is 1.18 bits per heavy atom. The van der Waals surface area contributed by atoms with Gasteiger partial charge in [0.15, 0.2) is 0 Å². The Labute approximate surface area is 166 Å². The van der Waals surface area contributed by atoms with E-state index in [9.17, 15) is 14.4 Å². The first kappa shape index (κ1) is 20.6. The molecule has 1 spiro atoms. The van der Waals surface area contributed by atoms with Gasteiger partial charge in [0.05, 0.1) is 19.8 Å². The van der Waals surface area contributed by atoms with E-state index in [1.807, 2.05) is 13.8 Å². The molecule has 1 saturated carbocycles. The Kier molecular flexibility index (Phi) is 5.19. The van der Waals surface area contributed by atoms with Crippen LogP contribution in [-0.2, 0) is 28.6 Å². The van der Waals surface area contributed by atoms with E-state index in [-0.39, 0.29) is 23.2 Å². The van der Waals surface area contributed by atoms with E-state index in [0.29, 0.717) is 29.6 Å². The summed E-state index contributed by atoms with van der Waals surface area (Å²) in [6, 6.07) is 0. The van der Waals surface area contributed by atoms with E-state index in [2.05, 4.69) is 13.8 Å². The third-order valence-electron chi connectivity index (χ3n) is 6.82. The fourth-order valence-electron chi connectivity index (χ4n) is 5.42. The van der Waals surface area contributed by atoms with Gasteiger partial charge < -0.3 is 14.2 Å². The standard InChI is InChI=1S/C22H30O6/c1-12(2)13(18(23)26-5)10-14-15-11-16-21(3,4)8-7-9-22(16,20(25)28-15)17(14)19(24)27-6/h10,12,15-16H,7-9,11H2,1-6H3/b13-10-/t15?,16-,22+/m0/s1. The second kappa shape index (κ2) is 7.05. The fraction of sp³-hybridized carbons (Fsp3) is 0.682. The summed E-state index contributed by atoms with van der Waals surface area (Å²) < 4.78 is 15.8. The van der Waals surface area contributed by atoms with Crippen molar-refractivity contribution in [2.75, 3.05) is 14.2 Å². The Hall–Kier alpha value is -2.11. The van der Waals surface area contributed by atoms with E-state index < -0.39 is 23.5 Å². The Morgan fingerprint density at radius 2 is 1.86 bits per heavy atom. The second-order valence-corrected chi connectivity index (χ2v) is 9.06. The lowest BCUT2D eigenvalue weighted by atomic mass is 9.47. The van der Waals surface area contributed by atoms with Crippen LogP contribution in [0, 0.1) is 22.7 Å². The topological polar surface area (TPSA) is 78.9 Å². The van der Waals surface area contributed by atoms with E-state index >= 15 is 0 Å². The van der Waals surface area contributed by atoms with E-state index in [1.165, 1.54) is 14.2 Å². The number of methoxy groups -OCH3 is 2. The first-order chi connectivity index (χ1) is 13.1. The minimum absolute atomic E-state index is 0.00637. The molecular formula is C22H30O6. The lowest BCUT2D eigenvalue weighted by Gasteiger charge is -2.58. The maximum absolute atomic E-state index is 13.1. The molecular weight excluding hydrogens is 360 g/mol. The molecule has 2 bridgehead atoms. The van der Waals surface area contributed by atoms with Crippen LogP contribution in [0.2, 0.25) is 0 Å². The molecule has 2 aliphatic carbocycles. The molecule has 0 radical (unpaired) electrons. The summed E-state index contributed by atoms with van der Waals surface area (Å²) in [5.41, 5.74) is 0.323. The van der Waals surface area contributed by atoms with Crippen molar-refractivity contribution in [1.29, 1.82) is 0 Å². The average molecular weight is 390 g/mol. The van der Waals surface area contributed by atoms with Crippen molar-refractivity contribution >= 4 is 17.9 Å². The van der Waals surface area contributed by atoms with Gasteiger partial charge in [-0.1, -0.05) is 34.1 Å². The highest BCUT2D eigenvalue weighted by Crippen LogP contribution is 2.63. The zero-order chi connectivity index (χ0) is 20.9. The molecule has 154 valence electrons. The lowest BCUT2D eigenvalue weighted by molar-refractivity contribution is -0.190. The van der Waals surface area contributed by atoms with Crippen LogP contribution in [0.1, 0.15) is 53.4 Å². The van der Waals surface area contributed by atoms with Crippen molar-refractivity contribution in [1.82, 2.24) is 0 Å². The summed E-state index contributed by atoms with van der Waals surface area (Å²) in [4.78, 5) is 38.3. The predicted octanol–water partition coefficient (Wildman–Crippen LogP) is 3.35. The third kappa shape index (κ3) is 2.88. The van der Waals surface area contributed by atoms with Crippen LogP contribution in [0.25, 0.3) is 0 Å². The van der Waals surface area contributed by atoms with Gasteiger partial charge in [-0.3, -0.25) is 4.79 Å². The molecule has 6 heteroatoms. The van der Waals surface area contributed by atoms with Crippen molar-refractivity contribution in [3.63, 3.8) is 0 Å². The van der Waals surface area contributed by atoms with Gasteiger partial charge in [0.2, 0.25) is 0 Å². The summed E-state index contributed by atoms with van der Waals surface area (Å²) in [5.74, 6) is -1.39. The smallest absolute Gasteiger partial charge is 0.335 e. The number of ether oxygens (including phenoxy) is 3. The number of rotatable bonds is 4. The maximum atomic E-state index is 13.1. The summed E-state index contributed by atoms with van der Waals surface area (Å²) in [6.45, 7) is 8.09. The molecule has 2 aliphatic heterocycles. The number of carbonyl (C=O) groups is 3. The Balaban J connectivity index is 2.28. The van der Waals surface area contributed by atoms with E-state index in [4.69, 9.17) is 14.2 Å². The first-order valence-corrected chi connectivity index (χ1v) is 9.94. The maximum Gasteiger partial charge on any atom is 0.335 e. The minimum Gasteiger partial charge on any atom is -0.466 e. The van der Waals surface area contributed by atoms with Gasteiger partial charge in [0, 0.05) is 11.1 Å². The molecule has 0 N–H and O–H groups in total. The van der Waals surface area contributed by atoms with Gasteiger partial charge in [-0.25, -0.2) is 9.59 Å². The van der Waals surface area contributed by atoms with Gasteiger partial charge >= 0.3 is 17.9 Å². The van der Waals surface area contributed by atoms with Crippen LogP contribution in [-0.4, -0.2) is 38.2 Å². The molecule has 1 saturated heterocycles. The number of hydrogen-bond acceptors (Lipinski definition) is 6. The van der Waals surface area contributed by atoms with Gasteiger partial charge in [-0.2, -0.15) is 0 Å². The second-order valence-electron chi connectivity index (χ2n) is 9.06. The number of esters is 3. The van der Waals surface area contributed by atoms with Crippen molar-refractivity contribution in [3.8, 4) is 0 Å². The number of carbonyl (C=O) groups excluding carboxylic acids is 3. The molecule has 28 heavy (non-hydrogen) atoms. The minimum atomic E-state index is -1.01. The van der Waals surface area contributed by atoms with Crippen LogP contribution in [0.3, 0.4) is 0 Å². The van der Waals surface area contributed by atoms with Gasteiger partial charge in [-0.15, -0.1) is 0 Å². The lowest BCUT2D eigenvalue weighted by Crippen LogP contribution is -2.61. The highest BCUT2D eigenvalue weighted by atomic mass is 16.6. The third-order valence-corrected chi connectivity index (χ3v) is 6.82. The fourth-order valence-corrected chi connectivity index (χ4v) is 5.42. The summed E-state index contributed by atoms with van der Waals surface area (Å²) >= 11 is 0. The first-order valence-electron chi connectivity index (χ1n) is 9.94. The quantitative estimate of drug-likeness (QED) is 0.416. The average Bonchev–Trinajstić information content (AvgIpc) is 2.64. The van der Waals surface area contributed by atoms with E-state index in [0.717, 1.165) is 12.8 Å². The normalized spacial score (nSPS) is 31.4. The molecule has 0 aromatic heterocycles. The zero-order valence-corrected chi connectivity index (χ0v) is 17.6. The van der Waals surface area contributed by atoms with Crippen molar-refractivity contribution in [2.24, 2.45) is 22.7 Å². The summed E-state index contributed by atoms with van der Waals surface area (Å²) in [7, 11) is 2.66. The molecule has 3 atom stereocenters. The molecule has 2 fully saturated rings. The highest BCUT2D eigenvalue weighted by Gasteiger charge is 2.66. The van der Waals surface area contributed by atoms with Crippen LogP contribution < -0.4 is 0 Å². The molecule has 1 unspecified atom stereocenters. The predicted molar refractivity (Wildman–Crippen MR) is 102 cm³/mol. The number of hydrogen-bond donors (Lipinski definition) is 0.